The topological polar surface area (TPSA) is 26.3 Å². The number of alkyl halides is 1. The zero-order chi connectivity index (χ0) is 10.7. The minimum atomic E-state index is -0.555. The molecule has 0 bridgehead atoms. The lowest BCUT2D eigenvalue weighted by atomic mass is 10.1. The number of ether oxygens (including phenoxy) is 1. The van der Waals surface area contributed by atoms with E-state index in [1.54, 1.807) is 13.0 Å². The normalized spacial score (nSPS) is 12.3. The molecule has 14 heavy (non-hydrogen) atoms. The number of rotatable bonds is 3. The quantitative estimate of drug-likeness (QED) is 0.617. The summed E-state index contributed by atoms with van der Waals surface area (Å²) in [6.07, 6.45) is 0. The van der Waals surface area contributed by atoms with E-state index in [1.165, 1.54) is 19.2 Å². The zero-order valence-corrected chi connectivity index (χ0v) is 9.47. The summed E-state index contributed by atoms with van der Waals surface area (Å²) in [7, 11) is 1.41. The summed E-state index contributed by atoms with van der Waals surface area (Å²) in [5, 5.41) is 0. The second kappa shape index (κ2) is 4.55. The van der Waals surface area contributed by atoms with Crippen LogP contribution in [-0.2, 0) is 0 Å². The molecule has 0 aromatic heterocycles. The maximum absolute atomic E-state index is 13.3. The van der Waals surface area contributed by atoms with Crippen LogP contribution in [0.4, 0.5) is 4.39 Å². The van der Waals surface area contributed by atoms with E-state index in [-0.39, 0.29) is 17.1 Å². The second-order valence-electron chi connectivity index (χ2n) is 2.80. The minimum absolute atomic E-state index is 0.000579. The molecule has 1 aromatic rings. The van der Waals surface area contributed by atoms with Crippen LogP contribution in [0.1, 0.15) is 17.3 Å². The Morgan fingerprint density at radius 2 is 2.21 bits per heavy atom. The van der Waals surface area contributed by atoms with Crippen molar-refractivity contribution in [2.45, 2.75) is 11.8 Å². The highest BCUT2D eigenvalue weighted by Crippen LogP contribution is 2.24. The van der Waals surface area contributed by atoms with Gasteiger partial charge in [0.15, 0.2) is 5.78 Å². The first-order valence-electron chi connectivity index (χ1n) is 4.08. The van der Waals surface area contributed by atoms with E-state index in [2.05, 4.69) is 15.9 Å². The van der Waals surface area contributed by atoms with Crippen molar-refractivity contribution in [3.8, 4) is 5.75 Å². The monoisotopic (exact) mass is 260 g/mol. The van der Waals surface area contributed by atoms with Gasteiger partial charge >= 0.3 is 0 Å². The Balaban J connectivity index is 3.23. The molecular formula is C10H10BrFO2. The summed E-state index contributed by atoms with van der Waals surface area (Å²) in [5.41, 5.74) is -0.000579. The van der Waals surface area contributed by atoms with E-state index >= 15 is 0 Å². The third-order valence-electron chi connectivity index (χ3n) is 1.80. The lowest BCUT2D eigenvalue weighted by Gasteiger charge is -2.09. The molecule has 0 aliphatic rings. The number of halogens is 2. The van der Waals surface area contributed by atoms with Crippen LogP contribution in [0.5, 0.6) is 5.75 Å². The van der Waals surface area contributed by atoms with Gasteiger partial charge in [0.05, 0.1) is 17.5 Å². The van der Waals surface area contributed by atoms with E-state index in [0.29, 0.717) is 0 Å². The molecule has 0 radical (unpaired) electrons. The number of carbonyl (C=O) groups is 1. The molecule has 0 aliphatic carbocycles. The first kappa shape index (κ1) is 11.2. The highest BCUT2D eigenvalue weighted by atomic mass is 79.9. The van der Waals surface area contributed by atoms with Crippen molar-refractivity contribution in [2.75, 3.05) is 7.11 Å². The van der Waals surface area contributed by atoms with Crippen LogP contribution < -0.4 is 4.74 Å². The van der Waals surface area contributed by atoms with Gasteiger partial charge in [0.25, 0.3) is 0 Å². The number of Topliss-reactive ketones (excluding diaryl/α,β-unsaturated/α-hetero) is 1. The highest BCUT2D eigenvalue weighted by Gasteiger charge is 2.20. The van der Waals surface area contributed by atoms with Gasteiger partial charge in [-0.1, -0.05) is 22.0 Å². The molecule has 0 N–H and O–H groups in total. The van der Waals surface area contributed by atoms with Crippen LogP contribution in [-0.4, -0.2) is 17.7 Å². The minimum Gasteiger partial charge on any atom is -0.496 e. The van der Waals surface area contributed by atoms with Crippen LogP contribution in [0.2, 0.25) is 0 Å². The number of hydrogen-bond acceptors (Lipinski definition) is 2. The Morgan fingerprint density at radius 1 is 1.57 bits per heavy atom. The molecule has 0 saturated heterocycles. The molecule has 4 heteroatoms. The summed E-state index contributed by atoms with van der Waals surface area (Å²) in [5.74, 6) is -0.609. The smallest absolute Gasteiger partial charge is 0.182 e. The molecule has 0 spiro atoms. The lowest BCUT2D eigenvalue weighted by molar-refractivity contribution is 0.0989. The van der Waals surface area contributed by atoms with E-state index in [9.17, 15) is 9.18 Å². The highest BCUT2D eigenvalue weighted by molar-refractivity contribution is 9.10. The summed E-state index contributed by atoms with van der Waals surface area (Å²) in [6, 6.07) is 4.31. The average Bonchev–Trinajstić information content (AvgIpc) is 2.16. The van der Waals surface area contributed by atoms with Gasteiger partial charge in [-0.3, -0.25) is 4.79 Å². The van der Waals surface area contributed by atoms with Crippen molar-refractivity contribution in [3.63, 3.8) is 0 Å². The maximum Gasteiger partial charge on any atom is 0.182 e. The van der Waals surface area contributed by atoms with Gasteiger partial charge in [0.2, 0.25) is 0 Å². The maximum atomic E-state index is 13.3. The Labute approximate surface area is 90.2 Å². The number of carbonyl (C=O) groups excluding carboxylic acids is 1. The van der Waals surface area contributed by atoms with Crippen LogP contribution in [0.25, 0.3) is 0 Å². The molecular weight excluding hydrogens is 251 g/mol. The molecule has 0 aliphatic heterocycles. The first-order valence-corrected chi connectivity index (χ1v) is 5.00. The largest absolute Gasteiger partial charge is 0.496 e. The van der Waals surface area contributed by atoms with Crippen molar-refractivity contribution in [1.29, 1.82) is 0 Å². The summed E-state index contributed by atoms with van der Waals surface area (Å²) in [6.45, 7) is 1.65. The first-order chi connectivity index (χ1) is 6.57. The fraction of sp³-hybridized carbons (Fsp3) is 0.300. The van der Waals surface area contributed by atoms with Crippen LogP contribution in [0, 0.1) is 5.82 Å². The molecule has 0 saturated carbocycles. The van der Waals surface area contributed by atoms with E-state index in [4.69, 9.17) is 4.74 Å². The van der Waals surface area contributed by atoms with E-state index < -0.39 is 10.6 Å². The van der Waals surface area contributed by atoms with Gasteiger partial charge < -0.3 is 4.74 Å². The van der Waals surface area contributed by atoms with Gasteiger partial charge in [0, 0.05) is 0 Å². The van der Waals surface area contributed by atoms with Gasteiger partial charge in [-0.05, 0) is 19.1 Å². The average molecular weight is 261 g/mol. The summed E-state index contributed by atoms with van der Waals surface area (Å²) >= 11 is 3.10. The van der Waals surface area contributed by atoms with Crippen LogP contribution in [0.3, 0.4) is 0 Å². The molecule has 0 amide bonds. The zero-order valence-electron chi connectivity index (χ0n) is 7.88. The van der Waals surface area contributed by atoms with E-state index in [0.717, 1.165) is 0 Å². The van der Waals surface area contributed by atoms with Crippen LogP contribution in [0.15, 0.2) is 18.2 Å². The molecule has 0 fully saturated rings. The third kappa shape index (κ3) is 2.12. The van der Waals surface area contributed by atoms with Gasteiger partial charge in [-0.15, -0.1) is 0 Å². The third-order valence-corrected chi connectivity index (χ3v) is 2.22. The predicted octanol–water partition coefficient (Wildman–Crippen LogP) is 2.80. The fourth-order valence-corrected chi connectivity index (χ4v) is 1.34. The number of methoxy groups -OCH3 is 1. The van der Waals surface area contributed by atoms with Crippen molar-refractivity contribution in [3.05, 3.63) is 29.6 Å². The fourth-order valence-electron chi connectivity index (χ4n) is 1.11. The van der Waals surface area contributed by atoms with E-state index in [1.807, 2.05) is 0 Å². The van der Waals surface area contributed by atoms with Crippen molar-refractivity contribution < 1.29 is 13.9 Å². The molecule has 1 atom stereocenters. The van der Waals surface area contributed by atoms with Gasteiger partial charge in [-0.2, -0.15) is 0 Å². The summed E-state index contributed by atoms with van der Waals surface area (Å²) < 4.78 is 18.2. The second-order valence-corrected chi connectivity index (χ2v) is 4.17. The molecule has 76 valence electrons. The van der Waals surface area contributed by atoms with Gasteiger partial charge in [-0.25, -0.2) is 4.39 Å². The summed E-state index contributed by atoms with van der Waals surface area (Å²) in [4.78, 5) is 11.2. The number of ketones is 1. The SMILES string of the molecule is COc1cccc(F)c1C(=O)C(C)Br. The lowest BCUT2D eigenvalue weighted by Crippen LogP contribution is -2.13. The standard InChI is InChI=1S/C10H10BrFO2/c1-6(11)10(13)9-7(12)4-3-5-8(9)14-2/h3-6H,1-2H3. The Bertz CT molecular complexity index is 350. The predicted molar refractivity (Wildman–Crippen MR) is 55.7 cm³/mol. The van der Waals surface area contributed by atoms with Crippen LogP contribution >= 0.6 is 15.9 Å². The Hall–Kier alpha value is -0.900. The molecule has 0 heterocycles. The molecule has 1 unspecified atom stereocenters. The van der Waals surface area contributed by atoms with Crippen molar-refractivity contribution in [1.82, 2.24) is 0 Å². The number of hydrogen-bond donors (Lipinski definition) is 0. The molecule has 1 aromatic carbocycles. The Morgan fingerprint density at radius 3 is 2.71 bits per heavy atom. The van der Waals surface area contributed by atoms with Crippen molar-refractivity contribution >= 4 is 21.7 Å². The molecule has 1 rings (SSSR count). The Kier molecular flexibility index (Phi) is 3.63. The van der Waals surface area contributed by atoms with Crippen molar-refractivity contribution in [2.24, 2.45) is 0 Å². The molecule has 2 nitrogen and oxygen atoms in total. The number of benzene rings is 1. The van der Waals surface area contributed by atoms with Gasteiger partial charge in [0.1, 0.15) is 11.6 Å².